The van der Waals surface area contributed by atoms with Crippen LogP contribution in [0.5, 0.6) is 0 Å². The van der Waals surface area contributed by atoms with E-state index >= 15 is 0 Å². The lowest BCUT2D eigenvalue weighted by Crippen LogP contribution is -3.11. The Hall–Kier alpha value is -1.96. The molecule has 0 radical (unpaired) electrons. The molecular formula is C16H17ClN3O3S+. The first-order valence-corrected chi connectivity index (χ1v) is 8.92. The van der Waals surface area contributed by atoms with Crippen molar-refractivity contribution >= 4 is 40.2 Å². The van der Waals surface area contributed by atoms with Gasteiger partial charge in [0.25, 0.3) is 11.6 Å². The number of nitrogens with one attached hydrogen (secondary N) is 2. The number of likely N-dealkylation sites (tertiary alicyclic amines) is 1. The highest BCUT2D eigenvalue weighted by atomic mass is 35.5. The zero-order valence-corrected chi connectivity index (χ0v) is 14.4. The van der Waals surface area contributed by atoms with E-state index in [4.69, 9.17) is 11.6 Å². The van der Waals surface area contributed by atoms with E-state index in [0.717, 1.165) is 19.4 Å². The number of thiophene rings is 1. The number of benzene rings is 1. The van der Waals surface area contributed by atoms with Crippen LogP contribution < -0.4 is 10.2 Å². The van der Waals surface area contributed by atoms with Crippen LogP contribution in [0.3, 0.4) is 0 Å². The largest absolute Gasteiger partial charge is 0.320 e. The van der Waals surface area contributed by atoms with E-state index in [-0.39, 0.29) is 16.6 Å². The summed E-state index contributed by atoms with van der Waals surface area (Å²) in [5.41, 5.74) is 0.305. The maximum absolute atomic E-state index is 12.3. The van der Waals surface area contributed by atoms with Gasteiger partial charge in [-0.05, 0) is 17.5 Å². The van der Waals surface area contributed by atoms with Crippen molar-refractivity contribution in [2.24, 2.45) is 0 Å². The number of hydrogen-bond acceptors (Lipinski definition) is 4. The van der Waals surface area contributed by atoms with Gasteiger partial charge in [-0.3, -0.25) is 14.9 Å². The Bertz CT molecular complexity index is 751. The normalized spacial score (nSPS) is 20.0. The van der Waals surface area contributed by atoms with E-state index in [0.29, 0.717) is 18.3 Å². The summed E-state index contributed by atoms with van der Waals surface area (Å²) in [5, 5.41) is 15.7. The minimum Gasteiger partial charge on any atom is -0.320 e. The van der Waals surface area contributed by atoms with Gasteiger partial charge in [0.2, 0.25) is 0 Å². The van der Waals surface area contributed by atoms with Crippen molar-refractivity contribution in [2.45, 2.75) is 18.9 Å². The van der Waals surface area contributed by atoms with E-state index in [1.54, 1.807) is 11.3 Å². The average Bonchev–Trinajstić information content (AvgIpc) is 3.19. The van der Waals surface area contributed by atoms with Crippen LogP contribution in [0.2, 0.25) is 5.02 Å². The Balaban J connectivity index is 1.64. The maximum atomic E-state index is 12.3. The zero-order chi connectivity index (χ0) is 17.1. The molecule has 1 fully saturated rings. The Morgan fingerprint density at radius 3 is 2.96 bits per heavy atom. The van der Waals surface area contributed by atoms with Crippen LogP contribution >= 0.6 is 22.9 Å². The van der Waals surface area contributed by atoms with Crippen LogP contribution in [0.1, 0.15) is 23.8 Å². The van der Waals surface area contributed by atoms with Gasteiger partial charge in [0.15, 0.2) is 6.54 Å². The number of nitrogens with zero attached hydrogens (tertiary/aromatic N) is 1. The van der Waals surface area contributed by atoms with Gasteiger partial charge in [-0.25, -0.2) is 0 Å². The highest BCUT2D eigenvalue weighted by Crippen LogP contribution is 2.27. The molecule has 1 aliphatic heterocycles. The fourth-order valence-electron chi connectivity index (χ4n) is 3.08. The fraction of sp³-hybridized carbons (Fsp3) is 0.312. The molecule has 1 aromatic carbocycles. The van der Waals surface area contributed by atoms with Crippen molar-refractivity contribution in [3.8, 4) is 0 Å². The molecule has 2 atom stereocenters. The topological polar surface area (TPSA) is 76.7 Å². The molecule has 2 aromatic rings. The molecule has 8 heteroatoms. The number of non-ortho nitro benzene ring substituents is 1. The molecule has 1 aromatic heterocycles. The summed E-state index contributed by atoms with van der Waals surface area (Å²) >= 11 is 7.74. The van der Waals surface area contributed by atoms with E-state index in [2.05, 4.69) is 16.8 Å². The Labute approximate surface area is 148 Å². The third-order valence-corrected chi connectivity index (χ3v) is 5.49. The number of halogens is 1. The van der Waals surface area contributed by atoms with E-state index < -0.39 is 4.92 Å². The molecule has 0 bridgehead atoms. The van der Waals surface area contributed by atoms with Gasteiger partial charge >= 0.3 is 0 Å². The van der Waals surface area contributed by atoms with Gasteiger partial charge in [0, 0.05) is 25.0 Å². The summed E-state index contributed by atoms with van der Waals surface area (Å²) < 4.78 is 0. The molecule has 24 heavy (non-hydrogen) atoms. The van der Waals surface area contributed by atoms with Crippen molar-refractivity contribution in [1.82, 2.24) is 0 Å². The summed E-state index contributed by atoms with van der Waals surface area (Å²) in [7, 11) is 0. The number of anilines is 1. The standard InChI is InChI=1S/C16H16ClN3O3S/c17-12-9-11(20(22)23)5-6-13(12)18-16(21)10-19-7-1-3-14(19)15-4-2-8-24-15/h2,4-6,8-9,14H,1,3,7,10H2,(H,18,21)/p+1/t14-/m1/s1. The summed E-state index contributed by atoms with van der Waals surface area (Å²) in [6.45, 7) is 1.32. The van der Waals surface area contributed by atoms with Crippen molar-refractivity contribution in [3.63, 3.8) is 0 Å². The molecule has 2 heterocycles. The van der Waals surface area contributed by atoms with Crippen LogP contribution in [0.4, 0.5) is 11.4 Å². The minimum atomic E-state index is -0.516. The summed E-state index contributed by atoms with van der Waals surface area (Å²) in [4.78, 5) is 25.1. The molecule has 2 N–H and O–H groups in total. The fourth-order valence-corrected chi connectivity index (χ4v) is 4.22. The quantitative estimate of drug-likeness (QED) is 0.631. The molecule has 1 amide bonds. The number of nitro groups is 1. The smallest absolute Gasteiger partial charge is 0.279 e. The predicted octanol–water partition coefficient (Wildman–Crippen LogP) is 2.67. The van der Waals surface area contributed by atoms with Gasteiger partial charge in [0.05, 0.1) is 27.1 Å². The van der Waals surface area contributed by atoms with Gasteiger partial charge in [0.1, 0.15) is 6.04 Å². The van der Waals surface area contributed by atoms with Crippen molar-refractivity contribution in [3.05, 3.63) is 55.7 Å². The molecule has 1 aliphatic rings. The second-order valence-electron chi connectivity index (χ2n) is 5.76. The van der Waals surface area contributed by atoms with E-state index in [1.807, 2.05) is 6.07 Å². The number of quaternary nitrogens is 1. The average molecular weight is 367 g/mol. The lowest BCUT2D eigenvalue weighted by atomic mass is 10.2. The first kappa shape index (κ1) is 16.9. The first-order valence-electron chi connectivity index (χ1n) is 7.66. The van der Waals surface area contributed by atoms with Crippen LogP contribution in [0, 0.1) is 10.1 Å². The van der Waals surface area contributed by atoms with Crippen LogP contribution in [-0.2, 0) is 4.79 Å². The predicted molar refractivity (Wildman–Crippen MR) is 93.7 cm³/mol. The Kier molecular flexibility index (Phi) is 5.13. The summed E-state index contributed by atoms with van der Waals surface area (Å²) in [6.07, 6.45) is 2.19. The summed E-state index contributed by atoms with van der Waals surface area (Å²) in [5.74, 6) is -0.135. The van der Waals surface area contributed by atoms with Crippen molar-refractivity contribution in [1.29, 1.82) is 0 Å². The number of amides is 1. The van der Waals surface area contributed by atoms with Gasteiger partial charge in [-0.2, -0.15) is 0 Å². The van der Waals surface area contributed by atoms with Crippen LogP contribution in [0.25, 0.3) is 0 Å². The second-order valence-corrected chi connectivity index (χ2v) is 7.15. The lowest BCUT2D eigenvalue weighted by Gasteiger charge is -2.20. The Morgan fingerprint density at radius 1 is 1.46 bits per heavy atom. The van der Waals surface area contributed by atoms with Gasteiger partial charge < -0.3 is 10.2 Å². The maximum Gasteiger partial charge on any atom is 0.279 e. The third kappa shape index (κ3) is 3.75. The summed E-state index contributed by atoms with van der Waals surface area (Å²) in [6, 6.07) is 8.56. The molecule has 0 spiro atoms. The third-order valence-electron chi connectivity index (χ3n) is 4.20. The lowest BCUT2D eigenvalue weighted by molar-refractivity contribution is -0.910. The monoisotopic (exact) mass is 366 g/mol. The molecule has 6 nitrogen and oxygen atoms in total. The SMILES string of the molecule is O=C(C[NH+]1CCC[C@@H]1c1cccs1)Nc1ccc([N+](=O)[O-])cc1Cl. The van der Waals surface area contributed by atoms with Gasteiger partial charge in [-0.15, -0.1) is 11.3 Å². The van der Waals surface area contributed by atoms with Crippen LogP contribution in [0.15, 0.2) is 35.7 Å². The highest BCUT2D eigenvalue weighted by Gasteiger charge is 2.32. The zero-order valence-electron chi connectivity index (χ0n) is 12.8. The molecule has 1 saturated heterocycles. The number of hydrogen-bond donors (Lipinski definition) is 2. The number of nitro benzene ring substituents is 1. The number of carbonyl (C=O) groups excluding carboxylic acids is 1. The number of carbonyl (C=O) groups is 1. The highest BCUT2D eigenvalue weighted by molar-refractivity contribution is 7.10. The first-order chi connectivity index (χ1) is 11.5. The Morgan fingerprint density at radius 2 is 2.29 bits per heavy atom. The number of rotatable bonds is 5. The minimum absolute atomic E-state index is 0.0964. The van der Waals surface area contributed by atoms with Gasteiger partial charge in [-0.1, -0.05) is 17.7 Å². The second kappa shape index (κ2) is 7.29. The van der Waals surface area contributed by atoms with E-state index in [1.165, 1.54) is 28.0 Å². The van der Waals surface area contributed by atoms with Crippen LogP contribution in [-0.4, -0.2) is 23.9 Å². The molecule has 1 unspecified atom stereocenters. The molecular weight excluding hydrogens is 350 g/mol. The molecule has 126 valence electrons. The van der Waals surface area contributed by atoms with Crippen molar-refractivity contribution < 1.29 is 14.6 Å². The molecule has 0 aliphatic carbocycles. The molecule has 3 rings (SSSR count). The van der Waals surface area contributed by atoms with E-state index in [9.17, 15) is 14.9 Å². The molecule has 0 saturated carbocycles. The van der Waals surface area contributed by atoms with Crippen molar-refractivity contribution in [2.75, 3.05) is 18.4 Å².